The SMILES string of the molecule is CC(O)CNc1c(-c2ccc(Br)cc2)c(=O)c1=O. The summed E-state index contributed by atoms with van der Waals surface area (Å²) in [7, 11) is 0. The molecule has 4 nitrogen and oxygen atoms in total. The van der Waals surface area contributed by atoms with Gasteiger partial charge in [0.15, 0.2) is 0 Å². The van der Waals surface area contributed by atoms with Gasteiger partial charge in [0, 0.05) is 11.0 Å². The van der Waals surface area contributed by atoms with Gasteiger partial charge in [-0.25, -0.2) is 0 Å². The molecule has 0 heterocycles. The molecule has 0 bridgehead atoms. The summed E-state index contributed by atoms with van der Waals surface area (Å²) in [5.74, 6) is 0. The van der Waals surface area contributed by atoms with E-state index in [0.29, 0.717) is 16.8 Å². The molecule has 0 amide bonds. The number of anilines is 1. The van der Waals surface area contributed by atoms with Gasteiger partial charge in [-0.3, -0.25) is 9.59 Å². The largest absolute Gasteiger partial charge is 0.392 e. The van der Waals surface area contributed by atoms with Crippen LogP contribution in [0.3, 0.4) is 0 Å². The maximum atomic E-state index is 11.6. The van der Waals surface area contributed by atoms with Gasteiger partial charge in [-0.2, -0.15) is 0 Å². The van der Waals surface area contributed by atoms with E-state index in [1.807, 2.05) is 12.1 Å². The minimum absolute atomic E-state index is 0.244. The van der Waals surface area contributed by atoms with Crippen LogP contribution >= 0.6 is 15.9 Å². The standard InChI is InChI=1S/C13H12BrNO3/c1-7(16)6-15-11-10(12(17)13(11)18)8-2-4-9(14)5-3-8/h2-5,7,15-16H,6H2,1H3. The third-order valence-electron chi connectivity index (χ3n) is 2.62. The van der Waals surface area contributed by atoms with Crippen LogP contribution in [0.1, 0.15) is 6.92 Å². The van der Waals surface area contributed by atoms with E-state index >= 15 is 0 Å². The van der Waals surface area contributed by atoms with E-state index in [1.165, 1.54) is 0 Å². The van der Waals surface area contributed by atoms with E-state index in [4.69, 9.17) is 0 Å². The Morgan fingerprint density at radius 3 is 2.39 bits per heavy atom. The summed E-state index contributed by atoms with van der Waals surface area (Å²) in [5.41, 5.74) is 0.395. The summed E-state index contributed by atoms with van der Waals surface area (Å²) in [5, 5.41) is 12.0. The third-order valence-corrected chi connectivity index (χ3v) is 3.15. The second-order valence-corrected chi connectivity index (χ2v) is 5.06. The van der Waals surface area contributed by atoms with Crippen LogP contribution in [-0.4, -0.2) is 17.8 Å². The highest BCUT2D eigenvalue weighted by Gasteiger charge is 2.21. The molecular formula is C13H12BrNO3. The summed E-state index contributed by atoms with van der Waals surface area (Å²) < 4.78 is 0.906. The molecule has 0 saturated carbocycles. The molecule has 0 saturated heterocycles. The van der Waals surface area contributed by atoms with Crippen molar-refractivity contribution in [2.24, 2.45) is 0 Å². The zero-order valence-electron chi connectivity index (χ0n) is 9.74. The third kappa shape index (κ3) is 2.37. The number of nitrogens with one attached hydrogen (secondary N) is 1. The topological polar surface area (TPSA) is 66.4 Å². The van der Waals surface area contributed by atoms with Crippen molar-refractivity contribution >= 4 is 21.6 Å². The zero-order valence-corrected chi connectivity index (χ0v) is 11.3. The Bertz CT molecular complexity index is 624. The number of hydrogen-bond acceptors (Lipinski definition) is 4. The number of aliphatic hydroxyl groups excluding tert-OH is 1. The van der Waals surface area contributed by atoms with E-state index in [0.717, 1.165) is 4.47 Å². The Hall–Kier alpha value is -1.46. The highest BCUT2D eigenvalue weighted by molar-refractivity contribution is 9.10. The molecule has 5 heteroatoms. The number of halogens is 1. The fourth-order valence-corrected chi connectivity index (χ4v) is 1.97. The fraction of sp³-hybridized carbons (Fsp3) is 0.231. The molecular weight excluding hydrogens is 298 g/mol. The molecule has 0 spiro atoms. The first-order valence-corrected chi connectivity index (χ1v) is 6.31. The lowest BCUT2D eigenvalue weighted by molar-refractivity contribution is 0.208. The van der Waals surface area contributed by atoms with Crippen molar-refractivity contribution in [3.8, 4) is 11.1 Å². The van der Waals surface area contributed by atoms with E-state index in [2.05, 4.69) is 21.2 Å². The van der Waals surface area contributed by atoms with Crippen molar-refractivity contribution in [1.29, 1.82) is 0 Å². The van der Waals surface area contributed by atoms with Crippen LogP contribution in [0.2, 0.25) is 0 Å². The quantitative estimate of drug-likeness (QED) is 0.840. The number of hydrogen-bond donors (Lipinski definition) is 2. The van der Waals surface area contributed by atoms with Crippen LogP contribution in [0, 0.1) is 0 Å². The van der Waals surface area contributed by atoms with Gasteiger partial charge in [-0.15, -0.1) is 0 Å². The van der Waals surface area contributed by atoms with Gasteiger partial charge in [0.2, 0.25) is 10.9 Å². The summed E-state index contributed by atoms with van der Waals surface area (Å²) in [4.78, 5) is 23.0. The molecule has 18 heavy (non-hydrogen) atoms. The first-order valence-electron chi connectivity index (χ1n) is 5.52. The highest BCUT2D eigenvalue weighted by atomic mass is 79.9. The molecule has 0 aliphatic carbocycles. The minimum Gasteiger partial charge on any atom is -0.392 e. The maximum absolute atomic E-state index is 11.6. The van der Waals surface area contributed by atoms with Crippen LogP contribution in [0.4, 0.5) is 5.69 Å². The first kappa shape index (κ1) is 13.0. The van der Waals surface area contributed by atoms with E-state index < -0.39 is 17.0 Å². The predicted molar refractivity (Wildman–Crippen MR) is 74.7 cm³/mol. The molecule has 0 fully saturated rings. The molecule has 0 radical (unpaired) electrons. The lowest BCUT2D eigenvalue weighted by Gasteiger charge is -2.14. The van der Waals surface area contributed by atoms with Crippen molar-refractivity contribution in [2.45, 2.75) is 13.0 Å². The van der Waals surface area contributed by atoms with Crippen LogP contribution in [0.15, 0.2) is 38.3 Å². The molecule has 2 aromatic rings. The smallest absolute Gasteiger partial charge is 0.250 e. The normalized spacial score (nSPS) is 12.6. The summed E-state index contributed by atoms with van der Waals surface area (Å²) >= 11 is 3.31. The van der Waals surface area contributed by atoms with Crippen molar-refractivity contribution in [3.05, 3.63) is 49.2 Å². The van der Waals surface area contributed by atoms with Gasteiger partial charge in [-0.1, -0.05) is 28.1 Å². The average molecular weight is 310 g/mol. The Balaban J connectivity index is 2.34. The van der Waals surface area contributed by atoms with E-state index in [9.17, 15) is 14.7 Å². The van der Waals surface area contributed by atoms with Gasteiger partial charge in [0.25, 0.3) is 0 Å². The summed E-state index contributed by atoms with van der Waals surface area (Å²) in [6, 6.07) is 7.16. The van der Waals surface area contributed by atoms with Crippen LogP contribution in [0.25, 0.3) is 11.1 Å². The monoisotopic (exact) mass is 309 g/mol. The zero-order chi connectivity index (χ0) is 13.3. The predicted octanol–water partition coefficient (Wildman–Crippen LogP) is 1.50. The molecule has 0 aliphatic heterocycles. The maximum Gasteiger partial charge on any atom is 0.250 e. The molecule has 2 rings (SSSR count). The summed E-state index contributed by atoms with van der Waals surface area (Å²) in [6.45, 7) is 1.85. The van der Waals surface area contributed by atoms with Crippen LogP contribution in [-0.2, 0) is 0 Å². The van der Waals surface area contributed by atoms with Gasteiger partial charge in [-0.05, 0) is 24.6 Å². The fourth-order valence-electron chi connectivity index (χ4n) is 1.70. The lowest BCUT2D eigenvalue weighted by atomic mass is 9.98. The second kappa shape index (κ2) is 5.04. The van der Waals surface area contributed by atoms with E-state index in [1.54, 1.807) is 19.1 Å². The molecule has 2 N–H and O–H groups in total. The number of aliphatic hydroxyl groups is 1. The van der Waals surface area contributed by atoms with Gasteiger partial charge in [0.1, 0.15) is 0 Å². The molecule has 0 aliphatic rings. The molecule has 1 atom stereocenters. The van der Waals surface area contributed by atoms with Crippen molar-refractivity contribution in [1.82, 2.24) is 0 Å². The van der Waals surface area contributed by atoms with Crippen molar-refractivity contribution < 1.29 is 5.11 Å². The number of rotatable bonds is 4. The Morgan fingerprint density at radius 2 is 1.83 bits per heavy atom. The van der Waals surface area contributed by atoms with Crippen LogP contribution < -0.4 is 16.2 Å². The molecule has 0 aromatic heterocycles. The Labute approximate surface area is 112 Å². The highest BCUT2D eigenvalue weighted by Crippen LogP contribution is 2.24. The van der Waals surface area contributed by atoms with Crippen molar-refractivity contribution in [2.75, 3.05) is 11.9 Å². The number of benzene rings is 1. The van der Waals surface area contributed by atoms with Gasteiger partial charge < -0.3 is 10.4 Å². The van der Waals surface area contributed by atoms with Crippen molar-refractivity contribution in [3.63, 3.8) is 0 Å². The summed E-state index contributed by atoms with van der Waals surface area (Å²) in [6.07, 6.45) is -0.577. The molecule has 94 valence electrons. The van der Waals surface area contributed by atoms with Gasteiger partial charge >= 0.3 is 0 Å². The lowest BCUT2D eigenvalue weighted by Crippen LogP contribution is -2.37. The molecule has 2 aromatic carbocycles. The minimum atomic E-state index is -0.577. The second-order valence-electron chi connectivity index (χ2n) is 4.15. The van der Waals surface area contributed by atoms with E-state index in [-0.39, 0.29) is 6.54 Å². The average Bonchev–Trinajstić information content (AvgIpc) is 2.34. The Kier molecular flexibility index (Phi) is 3.63. The molecule has 1 unspecified atom stereocenters. The first-order chi connectivity index (χ1) is 8.50. The van der Waals surface area contributed by atoms with Gasteiger partial charge in [0.05, 0.1) is 17.4 Å². The Morgan fingerprint density at radius 1 is 1.22 bits per heavy atom. The van der Waals surface area contributed by atoms with Crippen LogP contribution in [0.5, 0.6) is 0 Å².